The number of pyridine rings is 1. The minimum atomic E-state index is 0.407. The Balaban J connectivity index is 1.47. The van der Waals surface area contributed by atoms with Crippen molar-refractivity contribution in [3.8, 4) is 11.3 Å². The largest absolute Gasteiger partial charge is 0.308 e. The van der Waals surface area contributed by atoms with Gasteiger partial charge < -0.3 is 5.32 Å². The third-order valence-electron chi connectivity index (χ3n) is 4.40. The lowest BCUT2D eigenvalue weighted by Crippen LogP contribution is -2.37. The molecule has 0 aromatic carbocycles. The topological polar surface area (TPSA) is 73.5 Å². The van der Waals surface area contributed by atoms with Gasteiger partial charge in [-0.05, 0) is 25.5 Å². The van der Waals surface area contributed by atoms with E-state index in [4.69, 9.17) is 0 Å². The minimum Gasteiger partial charge on any atom is -0.308 e. The number of aromatic nitrogens is 6. The van der Waals surface area contributed by atoms with Gasteiger partial charge in [0.2, 0.25) is 0 Å². The molecule has 3 aromatic heterocycles. The Hall–Kier alpha value is -2.54. The van der Waals surface area contributed by atoms with Crippen LogP contribution in [-0.2, 0) is 26.6 Å². The molecule has 1 aliphatic heterocycles. The zero-order valence-corrected chi connectivity index (χ0v) is 14.0. The Morgan fingerprint density at radius 1 is 1.25 bits per heavy atom. The van der Waals surface area contributed by atoms with Crippen molar-refractivity contribution in [2.45, 2.75) is 38.9 Å². The molecule has 0 fully saturated rings. The van der Waals surface area contributed by atoms with Crippen LogP contribution in [-0.4, -0.2) is 35.6 Å². The molecule has 4 heterocycles. The van der Waals surface area contributed by atoms with Gasteiger partial charge in [0.25, 0.3) is 0 Å². The van der Waals surface area contributed by atoms with Crippen molar-refractivity contribution in [1.29, 1.82) is 0 Å². The quantitative estimate of drug-likeness (QED) is 0.787. The molecule has 1 N–H and O–H groups in total. The molecule has 1 aliphatic rings. The molecule has 0 unspecified atom stereocenters. The molecular formula is C17H21N7. The van der Waals surface area contributed by atoms with Crippen molar-refractivity contribution < 1.29 is 0 Å². The van der Waals surface area contributed by atoms with E-state index >= 15 is 0 Å². The van der Waals surface area contributed by atoms with Crippen molar-refractivity contribution in [1.82, 2.24) is 34.8 Å². The Labute approximate surface area is 140 Å². The van der Waals surface area contributed by atoms with E-state index in [2.05, 4.69) is 31.7 Å². The monoisotopic (exact) mass is 323 g/mol. The maximum atomic E-state index is 4.61. The summed E-state index contributed by atoms with van der Waals surface area (Å²) in [6.07, 6.45) is 7.75. The van der Waals surface area contributed by atoms with Crippen LogP contribution in [0, 0.1) is 6.92 Å². The molecular weight excluding hydrogens is 302 g/mol. The van der Waals surface area contributed by atoms with Crippen molar-refractivity contribution in [2.75, 3.05) is 0 Å². The summed E-state index contributed by atoms with van der Waals surface area (Å²) in [4.78, 5) is 8.55. The lowest BCUT2D eigenvalue weighted by molar-refractivity contribution is 0.358. The molecule has 4 rings (SSSR count). The second-order valence-electron chi connectivity index (χ2n) is 6.29. The second kappa shape index (κ2) is 6.16. The standard InChI is InChI=1S/C17H21N7/c1-12-20-16-4-3-15(11-24(16)21-12)19-9-14-10-23(2)22-17(14)13-5-7-18-8-6-13/h5-8,10,15,19H,3-4,9,11H2,1-2H3/t15-/m1/s1. The van der Waals surface area contributed by atoms with Gasteiger partial charge in [0.05, 0.1) is 12.2 Å². The Morgan fingerprint density at radius 3 is 2.92 bits per heavy atom. The molecule has 7 nitrogen and oxygen atoms in total. The third kappa shape index (κ3) is 2.94. The van der Waals surface area contributed by atoms with Crippen LogP contribution in [0.25, 0.3) is 11.3 Å². The van der Waals surface area contributed by atoms with E-state index < -0.39 is 0 Å². The van der Waals surface area contributed by atoms with Crippen LogP contribution in [0.2, 0.25) is 0 Å². The van der Waals surface area contributed by atoms with Gasteiger partial charge in [0.15, 0.2) is 0 Å². The summed E-state index contributed by atoms with van der Waals surface area (Å²) in [6.45, 7) is 3.62. The van der Waals surface area contributed by atoms with Crippen molar-refractivity contribution >= 4 is 0 Å². The predicted octanol–water partition coefficient (Wildman–Crippen LogP) is 1.49. The summed E-state index contributed by atoms with van der Waals surface area (Å²) >= 11 is 0. The van der Waals surface area contributed by atoms with E-state index in [9.17, 15) is 0 Å². The first-order valence-electron chi connectivity index (χ1n) is 8.25. The van der Waals surface area contributed by atoms with E-state index in [1.165, 1.54) is 5.56 Å². The fraction of sp³-hybridized carbons (Fsp3) is 0.412. The molecule has 0 saturated heterocycles. The SMILES string of the molecule is Cc1nc2n(n1)C[C@H](NCc1cn(C)nc1-c1ccncc1)CC2. The smallest absolute Gasteiger partial charge is 0.147 e. The Kier molecular flexibility index (Phi) is 3.86. The van der Waals surface area contributed by atoms with Gasteiger partial charge in [-0.25, -0.2) is 9.67 Å². The number of fused-ring (bicyclic) bond motifs is 1. The average Bonchev–Trinajstić information content (AvgIpc) is 3.14. The summed E-state index contributed by atoms with van der Waals surface area (Å²) in [5, 5.41) is 12.7. The first kappa shape index (κ1) is 15.0. The van der Waals surface area contributed by atoms with Crippen LogP contribution in [0.5, 0.6) is 0 Å². The predicted molar refractivity (Wildman–Crippen MR) is 90.1 cm³/mol. The molecule has 24 heavy (non-hydrogen) atoms. The van der Waals surface area contributed by atoms with Crippen LogP contribution < -0.4 is 5.32 Å². The highest BCUT2D eigenvalue weighted by atomic mass is 15.4. The zero-order chi connectivity index (χ0) is 16.5. The van der Waals surface area contributed by atoms with Gasteiger partial charge in [0.1, 0.15) is 11.6 Å². The summed E-state index contributed by atoms with van der Waals surface area (Å²) in [5.41, 5.74) is 3.31. The normalized spacial score (nSPS) is 17.0. The van der Waals surface area contributed by atoms with E-state index in [1.807, 2.05) is 35.5 Å². The summed E-state index contributed by atoms with van der Waals surface area (Å²) in [5.74, 6) is 1.96. The van der Waals surface area contributed by atoms with Crippen LogP contribution in [0.15, 0.2) is 30.7 Å². The van der Waals surface area contributed by atoms with E-state index in [0.29, 0.717) is 6.04 Å². The number of aryl methyl sites for hydroxylation is 3. The molecule has 0 saturated carbocycles. The third-order valence-corrected chi connectivity index (χ3v) is 4.40. The number of rotatable bonds is 4. The average molecular weight is 323 g/mol. The number of hydrogen-bond acceptors (Lipinski definition) is 5. The first-order valence-corrected chi connectivity index (χ1v) is 8.25. The van der Waals surface area contributed by atoms with Gasteiger partial charge in [-0.15, -0.1) is 0 Å². The fourth-order valence-electron chi connectivity index (χ4n) is 3.27. The molecule has 0 bridgehead atoms. The van der Waals surface area contributed by atoms with Crippen LogP contribution >= 0.6 is 0 Å². The van der Waals surface area contributed by atoms with Crippen molar-refractivity contribution in [3.05, 3.63) is 47.9 Å². The minimum absolute atomic E-state index is 0.407. The van der Waals surface area contributed by atoms with Crippen LogP contribution in [0.1, 0.15) is 23.6 Å². The fourth-order valence-corrected chi connectivity index (χ4v) is 3.27. The first-order chi connectivity index (χ1) is 11.7. The second-order valence-corrected chi connectivity index (χ2v) is 6.29. The molecule has 0 aliphatic carbocycles. The summed E-state index contributed by atoms with van der Waals surface area (Å²) in [6, 6.07) is 4.40. The Morgan fingerprint density at radius 2 is 2.08 bits per heavy atom. The molecule has 1 atom stereocenters. The lowest BCUT2D eigenvalue weighted by Gasteiger charge is -2.23. The van der Waals surface area contributed by atoms with Crippen LogP contribution in [0.3, 0.4) is 0 Å². The highest BCUT2D eigenvalue weighted by molar-refractivity contribution is 5.61. The van der Waals surface area contributed by atoms with Gasteiger partial charge in [-0.1, -0.05) is 0 Å². The van der Waals surface area contributed by atoms with E-state index in [1.54, 1.807) is 12.4 Å². The number of hydrogen-bond donors (Lipinski definition) is 1. The summed E-state index contributed by atoms with van der Waals surface area (Å²) < 4.78 is 3.90. The maximum absolute atomic E-state index is 4.61. The maximum Gasteiger partial charge on any atom is 0.147 e. The number of nitrogens with zero attached hydrogens (tertiary/aromatic N) is 6. The number of nitrogens with one attached hydrogen (secondary N) is 1. The van der Waals surface area contributed by atoms with E-state index in [-0.39, 0.29) is 0 Å². The highest BCUT2D eigenvalue weighted by Crippen LogP contribution is 2.21. The van der Waals surface area contributed by atoms with Gasteiger partial charge in [0, 0.05) is 55.8 Å². The van der Waals surface area contributed by atoms with Gasteiger partial charge in [-0.3, -0.25) is 9.67 Å². The molecule has 0 radical (unpaired) electrons. The zero-order valence-electron chi connectivity index (χ0n) is 14.0. The Bertz CT molecular complexity index is 834. The van der Waals surface area contributed by atoms with Crippen molar-refractivity contribution in [2.24, 2.45) is 7.05 Å². The summed E-state index contributed by atoms with van der Waals surface area (Å²) in [7, 11) is 1.96. The molecule has 3 aromatic rings. The van der Waals surface area contributed by atoms with Gasteiger partial charge in [-0.2, -0.15) is 10.2 Å². The molecule has 0 spiro atoms. The van der Waals surface area contributed by atoms with Crippen LogP contribution in [0.4, 0.5) is 0 Å². The molecule has 7 heteroatoms. The molecule has 124 valence electrons. The van der Waals surface area contributed by atoms with Crippen molar-refractivity contribution in [3.63, 3.8) is 0 Å². The van der Waals surface area contributed by atoms with E-state index in [0.717, 1.165) is 48.8 Å². The van der Waals surface area contributed by atoms with Gasteiger partial charge >= 0.3 is 0 Å². The highest BCUT2D eigenvalue weighted by Gasteiger charge is 2.21. The molecule has 0 amide bonds. The lowest BCUT2D eigenvalue weighted by atomic mass is 10.1.